The fourth-order valence-electron chi connectivity index (χ4n) is 7.75. The first-order valence-electron chi connectivity index (χ1n) is 14.3. The molecule has 3 fully saturated rings. The standard InChI is InChI=1S/C31H50N2O5S/c1-11-15-32(29(8,9)19-28(5,6)7)26(36)24-31-14-13-30(10,39-31)23(27(37)38-16-12-2)22(31)25(35)33(24)21(18-34)17-20(3)4/h11-12,20-24,34H,1-2,13-19H2,3-10H3/t21-,22+,23-,24?,30+,31?/m1/s1. The molecule has 39 heavy (non-hydrogen) atoms. The SMILES string of the molecule is C=CCOC(=O)[C@H]1[C@H]2C(=O)N([C@@H](CO)CC(C)C)C(C(=O)N(CC=C)C(C)(C)CC(C)(C)C)C23CC[C@]1(C)S3. The summed E-state index contributed by atoms with van der Waals surface area (Å²) < 4.78 is 4.26. The normalized spacial score (nSPS) is 30.9. The van der Waals surface area contributed by atoms with Crippen LogP contribution in [0.4, 0.5) is 0 Å². The maximum absolute atomic E-state index is 14.9. The van der Waals surface area contributed by atoms with Gasteiger partial charge in [-0.15, -0.1) is 18.3 Å². The molecular weight excluding hydrogens is 512 g/mol. The van der Waals surface area contributed by atoms with Crippen molar-refractivity contribution in [1.82, 2.24) is 9.80 Å². The Labute approximate surface area is 239 Å². The summed E-state index contributed by atoms with van der Waals surface area (Å²) in [4.78, 5) is 46.3. The van der Waals surface area contributed by atoms with Crippen LogP contribution in [-0.2, 0) is 19.1 Å². The van der Waals surface area contributed by atoms with Gasteiger partial charge in [0, 0.05) is 16.8 Å². The third-order valence-corrected chi connectivity index (χ3v) is 10.7. The quantitative estimate of drug-likeness (QED) is 0.271. The monoisotopic (exact) mass is 562 g/mol. The van der Waals surface area contributed by atoms with Crippen LogP contribution in [0, 0.1) is 23.2 Å². The fourth-order valence-corrected chi connectivity index (χ4v) is 10.1. The molecule has 7 nitrogen and oxygen atoms in total. The van der Waals surface area contributed by atoms with Crippen LogP contribution in [0.25, 0.3) is 0 Å². The summed E-state index contributed by atoms with van der Waals surface area (Å²) in [5.74, 6) is -1.86. The van der Waals surface area contributed by atoms with Crippen molar-refractivity contribution in [3.8, 4) is 0 Å². The van der Waals surface area contributed by atoms with Crippen LogP contribution in [-0.4, -0.2) is 79.6 Å². The Morgan fingerprint density at radius 2 is 1.85 bits per heavy atom. The maximum Gasteiger partial charge on any atom is 0.311 e. The number of rotatable bonds is 12. The summed E-state index contributed by atoms with van der Waals surface area (Å²) in [7, 11) is 0. The number of likely N-dealkylation sites (tertiary alicyclic amines) is 1. The van der Waals surface area contributed by atoms with E-state index in [0.717, 1.165) is 6.42 Å². The van der Waals surface area contributed by atoms with Crippen molar-refractivity contribution in [3.05, 3.63) is 25.3 Å². The number of ether oxygens (including phenoxy) is 1. The number of fused-ring (bicyclic) bond motifs is 1. The summed E-state index contributed by atoms with van der Waals surface area (Å²) in [6.45, 7) is 24.5. The lowest BCUT2D eigenvalue weighted by Gasteiger charge is -2.46. The zero-order valence-electron chi connectivity index (χ0n) is 25.3. The van der Waals surface area contributed by atoms with Gasteiger partial charge in [-0.2, -0.15) is 0 Å². The van der Waals surface area contributed by atoms with E-state index in [1.54, 1.807) is 22.7 Å². The second-order valence-electron chi connectivity index (χ2n) is 14.1. The average molecular weight is 563 g/mol. The molecule has 0 aliphatic carbocycles. The van der Waals surface area contributed by atoms with Gasteiger partial charge in [0.15, 0.2) is 0 Å². The second kappa shape index (κ2) is 11.2. The number of hydrogen-bond acceptors (Lipinski definition) is 6. The lowest BCUT2D eigenvalue weighted by molar-refractivity contribution is -0.155. The molecule has 0 aromatic rings. The number of carbonyl (C=O) groups is 3. The molecule has 3 rings (SSSR count). The Bertz CT molecular complexity index is 988. The van der Waals surface area contributed by atoms with E-state index >= 15 is 0 Å². The van der Waals surface area contributed by atoms with Crippen LogP contribution in [0.1, 0.15) is 81.1 Å². The molecule has 0 aromatic carbocycles. The van der Waals surface area contributed by atoms with Crippen molar-refractivity contribution in [2.45, 2.75) is 108 Å². The number of thioether (sulfide) groups is 1. The van der Waals surface area contributed by atoms with Gasteiger partial charge >= 0.3 is 5.97 Å². The third-order valence-electron chi connectivity index (χ3n) is 8.66. The van der Waals surface area contributed by atoms with Gasteiger partial charge in [0.05, 0.1) is 29.2 Å². The molecule has 1 N–H and O–H groups in total. The van der Waals surface area contributed by atoms with Gasteiger partial charge in [-0.3, -0.25) is 14.4 Å². The largest absolute Gasteiger partial charge is 0.461 e. The van der Waals surface area contributed by atoms with Crippen LogP contribution >= 0.6 is 11.8 Å². The zero-order valence-corrected chi connectivity index (χ0v) is 26.1. The number of amides is 2. The number of esters is 1. The second-order valence-corrected chi connectivity index (χ2v) is 16.0. The Balaban J connectivity index is 2.17. The third kappa shape index (κ3) is 5.70. The van der Waals surface area contributed by atoms with Gasteiger partial charge in [-0.25, -0.2) is 0 Å². The fraction of sp³-hybridized carbons (Fsp3) is 0.774. The number of carbonyl (C=O) groups excluding carboxylic acids is 3. The lowest BCUT2D eigenvalue weighted by atomic mass is 9.66. The summed E-state index contributed by atoms with van der Waals surface area (Å²) in [6, 6.07) is -1.30. The number of hydrogen-bond donors (Lipinski definition) is 1. The molecule has 2 amide bonds. The van der Waals surface area contributed by atoms with Crippen LogP contribution in [0.2, 0.25) is 0 Å². The molecule has 0 radical (unpaired) electrons. The van der Waals surface area contributed by atoms with E-state index in [-0.39, 0.29) is 36.4 Å². The molecule has 3 saturated heterocycles. The van der Waals surface area contributed by atoms with Gasteiger partial charge in [-0.1, -0.05) is 53.3 Å². The number of aliphatic hydroxyl groups excluding tert-OH is 1. The highest BCUT2D eigenvalue weighted by Crippen LogP contribution is 2.72. The van der Waals surface area contributed by atoms with Crippen molar-refractivity contribution < 1.29 is 24.2 Å². The smallest absolute Gasteiger partial charge is 0.311 e. The average Bonchev–Trinajstić information content (AvgIpc) is 3.38. The van der Waals surface area contributed by atoms with Gasteiger partial charge in [-0.05, 0) is 57.8 Å². The molecule has 220 valence electrons. The van der Waals surface area contributed by atoms with Gasteiger partial charge in [0.25, 0.3) is 0 Å². The predicted octanol–water partition coefficient (Wildman–Crippen LogP) is 4.83. The lowest BCUT2D eigenvalue weighted by Crippen LogP contribution is -2.61. The Morgan fingerprint density at radius 3 is 2.36 bits per heavy atom. The molecular formula is C31H50N2O5S. The molecule has 2 bridgehead atoms. The van der Waals surface area contributed by atoms with Crippen molar-refractivity contribution in [2.75, 3.05) is 19.8 Å². The van der Waals surface area contributed by atoms with Crippen LogP contribution in [0.3, 0.4) is 0 Å². The highest BCUT2D eigenvalue weighted by molar-refractivity contribution is 8.02. The number of nitrogens with zero attached hydrogens (tertiary/aromatic N) is 2. The first-order chi connectivity index (χ1) is 18.0. The molecule has 2 unspecified atom stereocenters. The van der Waals surface area contributed by atoms with E-state index < -0.39 is 44.9 Å². The topological polar surface area (TPSA) is 87.1 Å². The van der Waals surface area contributed by atoms with Crippen LogP contribution < -0.4 is 0 Å². The maximum atomic E-state index is 14.9. The Kier molecular flexibility index (Phi) is 9.13. The van der Waals surface area contributed by atoms with E-state index in [9.17, 15) is 19.5 Å². The van der Waals surface area contributed by atoms with E-state index in [4.69, 9.17) is 4.74 Å². The van der Waals surface area contributed by atoms with Gasteiger partial charge in [0.2, 0.25) is 11.8 Å². The van der Waals surface area contributed by atoms with Crippen molar-refractivity contribution in [2.24, 2.45) is 23.2 Å². The predicted molar refractivity (Wildman–Crippen MR) is 157 cm³/mol. The molecule has 3 heterocycles. The van der Waals surface area contributed by atoms with Gasteiger partial charge < -0.3 is 19.6 Å². The first kappa shape index (κ1) is 31.7. The zero-order chi connectivity index (χ0) is 29.6. The molecule has 3 aliphatic heterocycles. The van der Waals surface area contributed by atoms with E-state index in [2.05, 4.69) is 47.8 Å². The Hall–Kier alpha value is -1.80. The minimum atomic E-state index is -0.783. The van der Waals surface area contributed by atoms with Crippen LogP contribution in [0.5, 0.6) is 0 Å². The molecule has 0 aromatic heterocycles. The minimum absolute atomic E-state index is 0.0332. The highest BCUT2D eigenvalue weighted by Gasteiger charge is 2.78. The molecule has 6 atom stereocenters. The highest BCUT2D eigenvalue weighted by atomic mass is 32.2. The summed E-state index contributed by atoms with van der Waals surface area (Å²) >= 11 is 1.63. The molecule has 0 saturated carbocycles. The molecule has 3 aliphatic rings. The van der Waals surface area contributed by atoms with E-state index in [1.165, 1.54) is 6.08 Å². The minimum Gasteiger partial charge on any atom is -0.461 e. The first-order valence-corrected chi connectivity index (χ1v) is 15.1. The molecule has 8 heteroatoms. The molecule has 1 spiro atoms. The van der Waals surface area contributed by atoms with Gasteiger partial charge in [0.1, 0.15) is 12.6 Å². The van der Waals surface area contributed by atoms with E-state index in [0.29, 0.717) is 25.8 Å². The van der Waals surface area contributed by atoms with Crippen molar-refractivity contribution >= 4 is 29.5 Å². The Morgan fingerprint density at radius 1 is 1.21 bits per heavy atom. The van der Waals surface area contributed by atoms with Crippen molar-refractivity contribution in [1.29, 1.82) is 0 Å². The summed E-state index contributed by atoms with van der Waals surface area (Å²) in [5.41, 5.74) is -0.540. The van der Waals surface area contributed by atoms with Crippen LogP contribution in [0.15, 0.2) is 25.3 Å². The summed E-state index contributed by atoms with van der Waals surface area (Å²) in [5, 5.41) is 10.5. The van der Waals surface area contributed by atoms with Crippen molar-refractivity contribution in [3.63, 3.8) is 0 Å². The number of aliphatic hydroxyl groups is 1. The van der Waals surface area contributed by atoms with E-state index in [1.807, 2.05) is 25.7 Å². The summed E-state index contributed by atoms with van der Waals surface area (Å²) in [6.07, 6.45) is 5.97.